The summed E-state index contributed by atoms with van der Waals surface area (Å²) in [5, 5.41) is 29.7. The Morgan fingerprint density at radius 1 is 1.21 bits per heavy atom. The maximum atomic E-state index is 10.7. The van der Waals surface area contributed by atoms with Gasteiger partial charge in [-0.1, -0.05) is 0 Å². The molecular formula is C9H11N3O7. The third kappa shape index (κ3) is 4.44. The Balaban J connectivity index is 2.71. The maximum absolute atomic E-state index is 10.7. The number of aromatic nitrogens is 1. The van der Waals surface area contributed by atoms with E-state index in [1.54, 1.807) is 0 Å². The topological polar surface area (TPSA) is 138 Å². The molecule has 10 heteroatoms. The lowest BCUT2D eigenvalue weighted by atomic mass is 10.3. The zero-order valence-electron chi connectivity index (χ0n) is 9.72. The van der Waals surface area contributed by atoms with Crippen molar-refractivity contribution in [3.8, 4) is 5.88 Å². The van der Waals surface area contributed by atoms with Gasteiger partial charge < -0.3 is 14.6 Å². The molecule has 1 heterocycles. The van der Waals surface area contributed by atoms with Crippen LogP contribution >= 0.6 is 0 Å². The van der Waals surface area contributed by atoms with E-state index in [1.807, 2.05) is 0 Å². The Morgan fingerprint density at radius 2 is 1.95 bits per heavy atom. The van der Waals surface area contributed by atoms with Gasteiger partial charge in [0, 0.05) is 0 Å². The third-order valence-corrected chi connectivity index (χ3v) is 1.93. The van der Waals surface area contributed by atoms with Gasteiger partial charge in [0.1, 0.15) is 18.9 Å². The van der Waals surface area contributed by atoms with Crippen LogP contribution in [-0.4, -0.2) is 46.4 Å². The smallest absolute Gasteiger partial charge is 0.337 e. The van der Waals surface area contributed by atoms with Gasteiger partial charge in [-0.05, 0) is 0 Å². The highest BCUT2D eigenvalue weighted by molar-refractivity contribution is 5.48. The Labute approximate surface area is 106 Å². The Kier molecular flexibility index (Phi) is 5.57. The van der Waals surface area contributed by atoms with Gasteiger partial charge >= 0.3 is 5.69 Å². The first kappa shape index (κ1) is 14.7. The minimum atomic E-state index is -0.816. The van der Waals surface area contributed by atoms with Crippen LogP contribution in [0.25, 0.3) is 0 Å². The van der Waals surface area contributed by atoms with Crippen LogP contribution in [0.4, 0.5) is 11.4 Å². The number of ether oxygens (including phenoxy) is 2. The predicted octanol–water partition coefficient (Wildman–Crippen LogP) is 0.286. The first-order valence-corrected chi connectivity index (χ1v) is 5.16. The zero-order valence-corrected chi connectivity index (χ0v) is 9.72. The van der Waals surface area contributed by atoms with Crippen molar-refractivity contribution >= 4 is 11.4 Å². The van der Waals surface area contributed by atoms with E-state index in [0.717, 1.165) is 12.3 Å². The van der Waals surface area contributed by atoms with E-state index in [-0.39, 0.29) is 32.3 Å². The molecule has 0 atom stereocenters. The fourth-order valence-electron chi connectivity index (χ4n) is 1.14. The van der Waals surface area contributed by atoms with Crippen LogP contribution in [0.5, 0.6) is 5.88 Å². The first-order valence-electron chi connectivity index (χ1n) is 5.16. The summed E-state index contributed by atoms with van der Waals surface area (Å²) in [6.45, 7) is 0.0666. The zero-order chi connectivity index (χ0) is 14.3. The highest BCUT2D eigenvalue weighted by Crippen LogP contribution is 2.27. The number of pyridine rings is 1. The summed E-state index contributed by atoms with van der Waals surface area (Å²) in [7, 11) is 0. The number of hydrogen-bond donors (Lipinski definition) is 1. The van der Waals surface area contributed by atoms with Crippen molar-refractivity contribution in [3.05, 3.63) is 32.5 Å². The lowest BCUT2D eigenvalue weighted by molar-refractivity contribution is -0.395. The van der Waals surface area contributed by atoms with Gasteiger partial charge in [-0.25, -0.2) is 4.98 Å². The second-order valence-electron chi connectivity index (χ2n) is 3.22. The summed E-state index contributed by atoms with van der Waals surface area (Å²) >= 11 is 0. The van der Waals surface area contributed by atoms with Gasteiger partial charge in [0.05, 0.1) is 29.7 Å². The average Bonchev–Trinajstić information content (AvgIpc) is 2.38. The number of rotatable bonds is 8. The molecule has 0 aliphatic carbocycles. The molecule has 0 fully saturated rings. The number of hydrogen-bond acceptors (Lipinski definition) is 8. The first-order chi connectivity index (χ1) is 9.06. The van der Waals surface area contributed by atoms with Crippen molar-refractivity contribution in [1.29, 1.82) is 0 Å². The minimum Gasteiger partial charge on any atom is -0.470 e. The molecule has 0 aliphatic rings. The van der Waals surface area contributed by atoms with Crippen LogP contribution in [0.3, 0.4) is 0 Å². The molecule has 0 aromatic carbocycles. The van der Waals surface area contributed by atoms with Crippen molar-refractivity contribution in [2.24, 2.45) is 0 Å². The Morgan fingerprint density at radius 3 is 2.53 bits per heavy atom. The molecule has 104 valence electrons. The molecule has 1 rings (SSSR count). The lowest BCUT2D eigenvalue weighted by Gasteiger charge is -2.05. The van der Waals surface area contributed by atoms with Crippen LogP contribution in [-0.2, 0) is 4.74 Å². The van der Waals surface area contributed by atoms with Gasteiger partial charge in [-0.2, -0.15) is 0 Å². The molecule has 0 aliphatic heterocycles. The molecule has 0 radical (unpaired) electrons. The minimum absolute atomic E-state index is 0.0222. The quantitative estimate of drug-likeness (QED) is 0.405. The highest BCUT2D eigenvalue weighted by atomic mass is 16.6. The number of aliphatic hydroxyl groups is 1. The van der Waals surface area contributed by atoms with Crippen LogP contribution in [0, 0.1) is 20.2 Å². The van der Waals surface area contributed by atoms with Crippen LogP contribution in [0.2, 0.25) is 0 Å². The van der Waals surface area contributed by atoms with Crippen molar-refractivity contribution < 1.29 is 24.4 Å². The fraction of sp³-hybridized carbons (Fsp3) is 0.444. The van der Waals surface area contributed by atoms with E-state index in [0.29, 0.717) is 0 Å². The fourth-order valence-corrected chi connectivity index (χ4v) is 1.14. The van der Waals surface area contributed by atoms with Crippen molar-refractivity contribution in [1.82, 2.24) is 4.98 Å². The van der Waals surface area contributed by atoms with Gasteiger partial charge in [-0.15, -0.1) is 0 Å². The summed E-state index contributed by atoms with van der Waals surface area (Å²) < 4.78 is 9.88. The average molecular weight is 273 g/mol. The molecule has 0 amide bonds. The van der Waals surface area contributed by atoms with E-state index in [9.17, 15) is 20.2 Å². The molecule has 1 aromatic rings. The van der Waals surface area contributed by atoms with Gasteiger partial charge in [0.25, 0.3) is 11.6 Å². The SMILES string of the molecule is O=[N+]([O-])c1cnc(OCCOCCO)c([N+](=O)[O-])c1. The number of nitro groups is 2. The van der Waals surface area contributed by atoms with E-state index in [2.05, 4.69) is 4.98 Å². The van der Waals surface area contributed by atoms with E-state index >= 15 is 0 Å². The van der Waals surface area contributed by atoms with Gasteiger partial charge in [0.2, 0.25) is 0 Å². The van der Waals surface area contributed by atoms with Gasteiger partial charge in [0.15, 0.2) is 0 Å². The molecule has 0 saturated heterocycles. The molecule has 1 N–H and O–H groups in total. The monoisotopic (exact) mass is 273 g/mol. The second-order valence-corrected chi connectivity index (χ2v) is 3.22. The predicted molar refractivity (Wildman–Crippen MR) is 60.9 cm³/mol. The third-order valence-electron chi connectivity index (χ3n) is 1.93. The summed E-state index contributed by atoms with van der Waals surface area (Å²) in [6, 6.07) is 0.775. The summed E-state index contributed by atoms with van der Waals surface area (Å²) in [5.41, 5.74) is -1.08. The Bertz CT molecular complexity index is 465. The molecule has 1 aromatic heterocycles. The Hall–Kier alpha value is -2.33. The highest BCUT2D eigenvalue weighted by Gasteiger charge is 2.22. The van der Waals surface area contributed by atoms with Crippen molar-refractivity contribution in [3.63, 3.8) is 0 Å². The summed E-state index contributed by atoms with van der Waals surface area (Å²) in [5.74, 6) is -0.316. The van der Waals surface area contributed by atoms with E-state index < -0.39 is 21.2 Å². The maximum Gasteiger partial charge on any atom is 0.337 e. The van der Waals surface area contributed by atoms with Crippen LogP contribution in [0.15, 0.2) is 12.3 Å². The molecule has 0 bridgehead atoms. The van der Waals surface area contributed by atoms with Gasteiger partial charge in [-0.3, -0.25) is 20.2 Å². The summed E-state index contributed by atoms with van der Waals surface area (Å²) in [6.07, 6.45) is 0.872. The van der Waals surface area contributed by atoms with Crippen LogP contribution in [0.1, 0.15) is 0 Å². The van der Waals surface area contributed by atoms with E-state index in [4.69, 9.17) is 14.6 Å². The molecule has 0 saturated carbocycles. The largest absolute Gasteiger partial charge is 0.470 e. The molecular weight excluding hydrogens is 262 g/mol. The number of nitrogens with zero attached hydrogens (tertiary/aromatic N) is 3. The summed E-state index contributed by atoms with van der Waals surface area (Å²) in [4.78, 5) is 23.1. The van der Waals surface area contributed by atoms with E-state index in [1.165, 1.54) is 0 Å². The van der Waals surface area contributed by atoms with Crippen molar-refractivity contribution in [2.45, 2.75) is 0 Å². The molecule has 0 spiro atoms. The van der Waals surface area contributed by atoms with Crippen molar-refractivity contribution in [2.75, 3.05) is 26.4 Å². The second kappa shape index (κ2) is 7.18. The standard InChI is InChI=1S/C9H11N3O7/c13-1-2-18-3-4-19-9-8(12(16)17)5-7(6-10-9)11(14)15/h5-6,13H,1-4H2. The number of aliphatic hydroxyl groups excluding tert-OH is 1. The molecule has 0 unspecified atom stereocenters. The van der Waals surface area contributed by atoms with Crippen LogP contribution < -0.4 is 4.74 Å². The normalized spacial score (nSPS) is 10.2. The molecule has 19 heavy (non-hydrogen) atoms. The lowest BCUT2D eigenvalue weighted by Crippen LogP contribution is -2.10. The molecule has 10 nitrogen and oxygen atoms in total.